The Hall–Kier alpha value is -4.14. The fourth-order valence-corrected chi connectivity index (χ4v) is 3.82. The van der Waals surface area contributed by atoms with Crippen LogP contribution in [0.2, 0.25) is 0 Å². The molecule has 2 amide bonds. The number of aliphatic carboxylic acids is 1. The number of carbonyl (C=O) groups is 3. The highest BCUT2D eigenvalue weighted by Crippen LogP contribution is 2.44. The van der Waals surface area contributed by atoms with Crippen molar-refractivity contribution in [3.8, 4) is 11.1 Å². The van der Waals surface area contributed by atoms with Gasteiger partial charge in [0.2, 0.25) is 5.88 Å². The molecule has 0 fully saturated rings. The summed E-state index contributed by atoms with van der Waals surface area (Å²) in [5.74, 6) is -1.91. The summed E-state index contributed by atoms with van der Waals surface area (Å²) in [4.78, 5) is 36.6. The Morgan fingerprint density at radius 2 is 1.72 bits per heavy atom. The summed E-state index contributed by atoms with van der Waals surface area (Å²) in [5, 5.41) is 14.9. The maximum Gasteiger partial charge on any atom is 0.414 e. The van der Waals surface area contributed by atoms with Crippen LogP contribution in [0.3, 0.4) is 0 Å². The van der Waals surface area contributed by atoms with Crippen molar-refractivity contribution in [3.05, 3.63) is 71.4 Å². The maximum absolute atomic E-state index is 12.3. The number of nitrogens with one attached hydrogen (secondary N) is 1. The first-order valence-electron chi connectivity index (χ1n) is 10.1. The number of fused-ring (bicyclic) bond motifs is 3. The second-order valence-corrected chi connectivity index (χ2v) is 7.24. The molecule has 2 aromatic carbocycles. The van der Waals surface area contributed by atoms with E-state index in [9.17, 15) is 14.4 Å². The fourth-order valence-electron chi connectivity index (χ4n) is 3.82. The molecule has 9 nitrogen and oxygen atoms in total. The van der Waals surface area contributed by atoms with Crippen LogP contribution in [-0.4, -0.2) is 52.8 Å². The SMILES string of the molecule is CCN(CC(=O)O)C(=O)c1cc(NC(=O)OCC2c3ccccc3-c3ccccc32)on1. The van der Waals surface area contributed by atoms with Crippen molar-refractivity contribution >= 4 is 23.9 Å². The standard InChI is InChI=1S/C23H21N3O6/c1-2-26(12-21(27)28)22(29)19-11-20(32-25-19)24-23(30)31-13-18-16-9-5-3-7-14(16)15-8-4-6-10-17(15)18/h3-11,18H,2,12-13H2,1H3,(H,24,30)(H,27,28). The van der Waals surface area contributed by atoms with Gasteiger partial charge >= 0.3 is 12.1 Å². The molecular formula is C23H21N3O6. The molecule has 32 heavy (non-hydrogen) atoms. The number of benzene rings is 2. The lowest BCUT2D eigenvalue weighted by molar-refractivity contribution is -0.137. The topological polar surface area (TPSA) is 122 Å². The number of carboxylic acids is 1. The predicted octanol–water partition coefficient (Wildman–Crippen LogP) is 3.58. The molecule has 0 unspecified atom stereocenters. The zero-order chi connectivity index (χ0) is 22.7. The van der Waals surface area contributed by atoms with Crippen LogP contribution in [0, 0.1) is 0 Å². The van der Waals surface area contributed by atoms with Crippen LogP contribution < -0.4 is 5.32 Å². The van der Waals surface area contributed by atoms with Gasteiger partial charge in [0.25, 0.3) is 5.91 Å². The fraction of sp³-hybridized carbons (Fsp3) is 0.217. The Morgan fingerprint density at radius 3 is 2.31 bits per heavy atom. The number of anilines is 1. The normalized spacial score (nSPS) is 12.0. The highest BCUT2D eigenvalue weighted by molar-refractivity contribution is 5.95. The molecule has 0 bridgehead atoms. The highest BCUT2D eigenvalue weighted by atomic mass is 16.6. The quantitative estimate of drug-likeness (QED) is 0.582. The van der Waals surface area contributed by atoms with E-state index in [4.69, 9.17) is 14.4 Å². The third kappa shape index (κ3) is 4.18. The minimum absolute atomic E-state index is 0.0723. The molecule has 2 N–H and O–H groups in total. The van der Waals surface area contributed by atoms with Crippen molar-refractivity contribution in [1.29, 1.82) is 0 Å². The second kappa shape index (κ2) is 8.93. The molecule has 0 atom stereocenters. The number of carbonyl (C=O) groups excluding carboxylic acids is 2. The van der Waals surface area contributed by atoms with Gasteiger partial charge in [0.1, 0.15) is 13.2 Å². The smallest absolute Gasteiger partial charge is 0.414 e. The number of carboxylic acid groups (broad SMARTS) is 1. The van der Waals surface area contributed by atoms with Gasteiger partial charge in [-0.1, -0.05) is 53.7 Å². The first kappa shape index (κ1) is 21.1. The highest BCUT2D eigenvalue weighted by Gasteiger charge is 2.29. The van der Waals surface area contributed by atoms with Gasteiger partial charge in [0.05, 0.1) is 0 Å². The number of nitrogens with zero attached hydrogens (tertiary/aromatic N) is 2. The molecule has 3 aromatic rings. The molecular weight excluding hydrogens is 414 g/mol. The molecule has 9 heteroatoms. The van der Waals surface area contributed by atoms with E-state index in [1.807, 2.05) is 48.5 Å². The summed E-state index contributed by atoms with van der Waals surface area (Å²) in [6.07, 6.45) is -0.750. The number of ether oxygens (including phenoxy) is 1. The average Bonchev–Trinajstić information content (AvgIpc) is 3.38. The van der Waals surface area contributed by atoms with E-state index in [0.717, 1.165) is 27.2 Å². The molecule has 0 radical (unpaired) electrons. The van der Waals surface area contributed by atoms with Crippen molar-refractivity contribution in [2.24, 2.45) is 0 Å². The lowest BCUT2D eigenvalue weighted by atomic mass is 9.98. The van der Waals surface area contributed by atoms with Crippen LogP contribution in [0.4, 0.5) is 10.7 Å². The summed E-state index contributed by atoms with van der Waals surface area (Å²) in [7, 11) is 0. The van der Waals surface area contributed by atoms with Crippen LogP contribution >= 0.6 is 0 Å². The van der Waals surface area contributed by atoms with Gasteiger partial charge in [-0.15, -0.1) is 0 Å². The van der Waals surface area contributed by atoms with E-state index in [2.05, 4.69) is 10.5 Å². The minimum Gasteiger partial charge on any atom is -0.480 e. The van der Waals surface area contributed by atoms with Crippen molar-refractivity contribution in [1.82, 2.24) is 10.1 Å². The molecule has 1 aliphatic rings. The number of hydrogen-bond donors (Lipinski definition) is 2. The zero-order valence-corrected chi connectivity index (χ0v) is 17.3. The molecule has 0 saturated carbocycles. The van der Waals surface area contributed by atoms with E-state index in [1.165, 1.54) is 6.07 Å². The molecule has 1 aromatic heterocycles. The van der Waals surface area contributed by atoms with Crippen LogP contribution in [0.15, 0.2) is 59.1 Å². The monoisotopic (exact) mass is 435 g/mol. The summed E-state index contributed by atoms with van der Waals surface area (Å²) < 4.78 is 10.4. The predicted molar refractivity (Wildman–Crippen MR) is 114 cm³/mol. The molecule has 0 spiro atoms. The summed E-state index contributed by atoms with van der Waals surface area (Å²) >= 11 is 0. The van der Waals surface area contributed by atoms with E-state index in [0.29, 0.717) is 0 Å². The molecule has 4 rings (SSSR count). The van der Waals surface area contributed by atoms with Gasteiger partial charge in [-0.25, -0.2) is 4.79 Å². The number of hydrogen-bond acceptors (Lipinski definition) is 6. The van der Waals surface area contributed by atoms with Gasteiger partial charge in [-0.3, -0.25) is 14.9 Å². The van der Waals surface area contributed by atoms with Crippen molar-refractivity contribution < 1.29 is 28.8 Å². The van der Waals surface area contributed by atoms with Crippen LogP contribution in [0.25, 0.3) is 11.1 Å². The summed E-state index contributed by atoms with van der Waals surface area (Å²) in [6.45, 7) is 1.50. The van der Waals surface area contributed by atoms with Gasteiger partial charge in [-0.2, -0.15) is 0 Å². The van der Waals surface area contributed by atoms with E-state index >= 15 is 0 Å². The second-order valence-electron chi connectivity index (χ2n) is 7.24. The van der Waals surface area contributed by atoms with Gasteiger partial charge < -0.3 is 19.3 Å². The Bertz CT molecular complexity index is 1130. The van der Waals surface area contributed by atoms with Gasteiger partial charge in [-0.05, 0) is 29.2 Å². The summed E-state index contributed by atoms with van der Waals surface area (Å²) in [6, 6.07) is 17.2. The van der Waals surface area contributed by atoms with Crippen molar-refractivity contribution in [2.75, 3.05) is 25.0 Å². The number of amides is 2. The Balaban J connectivity index is 1.39. The Morgan fingerprint density at radius 1 is 1.09 bits per heavy atom. The largest absolute Gasteiger partial charge is 0.480 e. The van der Waals surface area contributed by atoms with Crippen LogP contribution in [-0.2, 0) is 9.53 Å². The molecule has 0 saturated heterocycles. The van der Waals surface area contributed by atoms with Gasteiger partial charge in [0.15, 0.2) is 5.69 Å². The van der Waals surface area contributed by atoms with Crippen LogP contribution in [0.5, 0.6) is 0 Å². The lowest BCUT2D eigenvalue weighted by Crippen LogP contribution is -2.35. The first-order valence-corrected chi connectivity index (χ1v) is 10.1. The van der Waals surface area contributed by atoms with Crippen LogP contribution in [0.1, 0.15) is 34.5 Å². The van der Waals surface area contributed by atoms with E-state index in [-0.39, 0.29) is 30.6 Å². The zero-order valence-electron chi connectivity index (χ0n) is 17.3. The third-order valence-electron chi connectivity index (χ3n) is 5.29. The first-order chi connectivity index (χ1) is 15.5. The Labute approximate surface area is 183 Å². The molecule has 0 aliphatic heterocycles. The number of rotatable bonds is 7. The van der Waals surface area contributed by atoms with Gasteiger partial charge in [0, 0.05) is 18.5 Å². The van der Waals surface area contributed by atoms with Crippen molar-refractivity contribution in [2.45, 2.75) is 12.8 Å². The average molecular weight is 435 g/mol. The van der Waals surface area contributed by atoms with E-state index < -0.39 is 24.5 Å². The summed E-state index contributed by atoms with van der Waals surface area (Å²) in [5.41, 5.74) is 4.32. The lowest BCUT2D eigenvalue weighted by Gasteiger charge is -2.16. The maximum atomic E-state index is 12.3. The van der Waals surface area contributed by atoms with Crippen molar-refractivity contribution in [3.63, 3.8) is 0 Å². The minimum atomic E-state index is -1.14. The Kier molecular flexibility index (Phi) is 5.89. The third-order valence-corrected chi connectivity index (χ3v) is 5.29. The molecule has 1 heterocycles. The van der Waals surface area contributed by atoms with E-state index in [1.54, 1.807) is 6.92 Å². The molecule has 1 aliphatic carbocycles. The number of likely N-dealkylation sites (N-methyl/N-ethyl adjacent to an activating group) is 1. The number of aromatic nitrogens is 1. The molecule has 164 valence electrons.